The Hall–Kier alpha value is -1.06. The Balaban J connectivity index is 3.43. The van der Waals surface area contributed by atoms with Crippen molar-refractivity contribution >= 4 is 11.9 Å². The Bertz CT molecular complexity index is 404. The fraction of sp³-hybridized carbons (Fsp3) is 0.920. The van der Waals surface area contributed by atoms with Gasteiger partial charge >= 0.3 is 11.9 Å². The van der Waals surface area contributed by atoms with E-state index in [9.17, 15) is 9.59 Å². The van der Waals surface area contributed by atoms with Gasteiger partial charge in [-0.2, -0.15) is 0 Å². The smallest absolute Gasteiger partial charge is 0.305 e. The Morgan fingerprint density at radius 3 is 1.59 bits per heavy atom. The number of rotatable bonds is 19. The first kappa shape index (κ1) is 27.9. The van der Waals surface area contributed by atoms with Crippen molar-refractivity contribution in [1.29, 1.82) is 0 Å². The number of carbonyl (C=O) groups is 2. The largest absolute Gasteiger partial charge is 0.466 e. The number of esters is 2. The summed E-state index contributed by atoms with van der Waals surface area (Å²) in [6, 6.07) is 0. The first-order valence-electron chi connectivity index (χ1n) is 12.1. The van der Waals surface area contributed by atoms with Gasteiger partial charge in [0.1, 0.15) is 0 Å². The molecule has 0 amide bonds. The van der Waals surface area contributed by atoms with Crippen LogP contribution in [0.2, 0.25) is 0 Å². The third-order valence-electron chi connectivity index (χ3n) is 5.30. The minimum atomic E-state index is -0.0447. The van der Waals surface area contributed by atoms with Crippen LogP contribution in [0.1, 0.15) is 118 Å². The van der Waals surface area contributed by atoms with Gasteiger partial charge in [0.2, 0.25) is 0 Å². The number of unbranched alkanes of at least 4 members (excludes halogenated alkanes) is 4. The van der Waals surface area contributed by atoms with Crippen LogP contribution in [0, 0.1) is 17.8 Å². The fourth-order valence-corrected chi connectivity index (χ4v) is 3.30. The second-order valence-electron chi connectivity index (χ2n) is 9.46. The zero-order valence-corrected chi connectivity index (χ0v) is 20.0. The Kier molecular flexibility index (Phi) is 18.2. The van der Waals surface area contributed by atoms with Crippen LogP contribution in [0.5, 0.6) is 0 Å². The monoisotopic (exact) mass is 412 g/mol. The maximum Gasteiger partial charge on any atom is 0.305 e. The predicted octanol–water partition coefficient (Wildman–Crippen LogP) is 7.09. The van der Waals surface area contributed by atoms with Crippen LogP contribution in [0.3, 0.4) is 0 Å². The minimum Gasteiger partial charge on any atom is -0.466 e. The van der Waals surface area contributed by atoms with Gasteiger partial charge in [-0.05, 0) is 56.3 Å². The molecule has 0 fully saturated rings. The zero-order chi connectivity index (χ0) is 21.9. The standard InChI is InChI=1S/C25H48O4/c1-21(2)13-11-19-28-24(26)16-10-8-6-7-9-15-23(5)17-18-25(27)29-20-12-14-22(3)4/h21-23H,6-20H2,1-5H3. The summed E-state index contributed by atoms with van der Waals surface area (Å²) in [4.78, 5) is 23.4. The van der Waals surface area contributed by atoms with Gasteiger partial charge in [0.05, 0.1) is 13.2 Å². The topological polar surface area (TPSA) is 52.6 Å². The van der Waals surface area contributed by atoms with Crippen LogP contribution in [0.25, 0.3) is 0 Å². The normalized spacial score (nSPS) is 12.4. The van der Waals surface area contributed by atoms with E-state index in [4.69, 9.17) is 9.47 Å². The third-order valence-corrected chi connectivity index (χ3v) is 5.30. The fourth-order valence-electron chi connectivity index (χ4n) is 3.30. The van der Waals surface area contributed by atoms with E-state index >= 15 is 0 Å². The van der Waals surface area contributed by atoms with Crippen molar-refractivity contribution in [3.63, 3.8) is 0 Å². The summed E-state index contributed by atoms with van der Waals surface area (Å²) in [5.74, 6) is 1.82. The lowest BCUT2D eigenvalue weighted by Gasteiger charge is -2.11. The van der Waals surface area contributed by atoms with Crippen molar-refractivity contribution in [2.24, 2.45) is 17.8 Å². The molecule has 0 heterocycles. The lowest BCUT2D eigenvalue weighted by molar-refractivity contribution is -0.145. The van der Waals surface area contributed by atoms with Gasteiger partial charge in [-0.15, -0.1) is 0 Å². The molecule has 4 nitrogen and oxygen atoms in total. The van der Waals surface area contributed by atoms with E-state index in [1.807, 2.05) is 0 Å². The summed E-state index contributed by atoms with van der Waals surface area (Å²) in [7, 11) is 0. The van der Waals surface area contributed by atoms with Crippen molar-refractivity contribution in [1.82, 2.24) is 0 Å². The second-order valence-corrected chi connectivity index (χ2v) is 9.46. The number of ether oxygens (including phenoxy) is 2. The molecule has 1 atom stereocenters. The molecule has 0 radical (unpaired) electrons. The SMILES string of the molecule is CC(C)CCCOC(=O)CCCCCCCC(C)CCC(=O)OCCCC(C)C. The summed E-state index contributed by atoms with van der Waals surface area (Å²) in [5, 5.41) is 0. The van der Waals surface area contributed by atoms with Gasteiger partial charge in [-0.3, -0.25) is 9.59 Å². The molecule has 0 aliphatic rings. The van der Waals surface area contributed by atoms with E-state index in [1.54, 1.807) is 0 Å². The third kappa shape index (κ3) is 21.5. The van der Waals surface area contributed by atoms with Gasteiger partial charge in [0.15, 0.2) is 0 Å². The lowest BCUT2D eigenvalue weighted by Crippen LogP contribution is -2.08. The summed E-state index contributed by atoms with van der Waals surface area (Å²) in [6.45, 7) is 12.1. The van der Waals surface area contributed by atoms with E-state index in [2.05, 4.69) is 34.6 Å². The van der Waals surface area contributed by atoms with Crippen LogP contribution in [-0.2, 0) is 19.1 Å². The zero-order valence-electron chi connectivity index (χ0n) is 20.0. The van der Waals surface area contributed by atoms with Gasteiger partial charge in [-0.1, -0.05) is 66.7 Å². The molecule has 0 rings (SSSR count). The van der Waals surface area contributed by atoms with Crippen molar-refractivity contribution in [2.45, 2.75) is 118 Å². The molecule has 0 spiro atoms. The Labute approximate surface area is 180 Å². The molecule has 0 aromatic rings. The highest BCUT2D eigenvalue weighted by Gasteiger charge is 2.08. The van der Waals surface area contributed by atoms with E-state index in [0.29, 0.717) is 43.8 Å². The molecular weight excluding hydrogens is 364 g/mol. The highest BCUT2D eigenvalue weighted by Crippen LogP contribution is 2.17. The second kappa shape index (κ2) is 18.9. The molecule has 172 valence electrons. The van der Waals surface area contributed by atoms with Crippen LogP contribution >= 0.6 is 0 Å². The molecule has 1 unspecified atom stereocenters. The molecule has 29 heavy (non-hydrogen) atoms. The van der Waals surface area contributed by atoms with Crippen molar-refractivity contribution in [3.05, 3.63) is 0 Å². The van der Waals surface area contributed by atoms with Gasteiger partial charge < -0.3 is 9.47 Å². The molecule has 0 saturated heterocycles. The van der Waals surface area contributed by atoms with Gasteiger partial charge in [-0.25, -0.2) is 0 Å². The minimum absolute atomic E-state index is 0.0431. The average Bonchev–Trinajstić information content (AvgIpc) is 2.66. The summed E-state index contributed by atoms with van der Waals surface area (Å²) in [6.07, 6.45) is 13.0. The maximum atomic E-state index is 11.7. The van der Waals surface area contributed by atoms with E-state index in [0.717, 1.165) is 44.9 Å². The van der Waals surface area contributed by atoms with Crippen LogP contribution < -0.4 is 0 Å². The highest BCUT2D eigenvalue weighted by molar-refractivity contribution is 5.69. The summed E-state index contributed by atoms with van der Waals surface area (Å²) < 4.78 is 10.6. The van der Waals surface area contributed by atoms with Crippen LogP contribution in [0.4, 0.5) is 0 Å². The predicted molar refractivity (Wildman–Crippen MR) is 121 cm³/mol. The number of hydrogen-bond acceptors (Lipinski definition) is 4. The molecule has 0 aromatic carbocycles. The molecule has 0 aliphatic carbocycles. The van der Waals surface area contributed by atoms with Gasteiger partial charge in [0, 0.05) is 12.8 Å². The summed E-state index contributed by atoms with van der Waals surface area (Å²) >= 11 is 0. The van der Waals surface area contributed by atoms with E-state index < -0.39 is 0 Å². The Morgan fingerprint density at radius 1 is 0.552 bits per heavy atom. The number of hydrogen-bond donors (Lipinski definition) is 0. The van der Waals surface area contributed by atoms with Crippen LogP contribution in [-0.4, -0.2) is 25.2 Å². The van der Waals surface area contributed by atoms with Gasteiger partial charge in [0.25, 0.3) is 0 Å². The molecule has 0 aromatic heterocycles. The Morgan fingerprint density at radius 2 is 1.03 bits per heavy atom. The molecule has 0 saturated carbocycles. The quantitative estimate of drug-likeness (QED) is 0.168. The first-order valence-corrected chi connectivity index (χ1v) is 12.1. The lowest BCUT2D eigenvalue weighted by atomic mass is 9.97. The highest BCUT2D eigenvalue weighted by atomic mass is 16.5. The molecule has 0 N–H and O–H groups in total. The molecular formula is C25H48O4. The van der Waals surface area contributed by atoms with Crippen molar-refractivity contribution in [3.8, 4) is 0 Å². The van der Waals surface area contributed by atoms with Crippen molar-refractivity contribution in [2.75, 3.05) is 13.2 Å². The maximum absolute atomic E-state index is 11.7. The van der Waals surface area contributed by atoms with Crippen LogP contribution in [0.15, 0.2) is 0 Å². The molecule has 0 aliphatic heterocycles. The molecule has 4 heteroatoms. The number of carbonyl (C=O) groups excluding carboxylic acids is 2. The average molecular weight is 413 g/mol. The summed E-state index contributed by atoms with van der Waals surface area (Å²) in [5.41, 5.74) is 0. The van der Waals surface area contributed by atoms with E-state index in [1.165, 1.54) is 25.7 Å². The first-order chi connectivity index (χ1) is 13.8. The molecule has 0 bridgehead atoms. The van der Waals surface area contributed by atoms with Crippen molar-refractivity contribution < 1.29 is 19.1 Å². The van der Waals surface area contributed by atoms with E-state index in [-0.39, 0.29) is 11.9 Å².